The summed E-state index contributed by atoms with van der Waals surface area (Å²) in [7, 11) is 0. The molecule has 1 unspecified atom stereocenters. The highest BCUT2D eigenvalue weighted by atomic mass is 19.4. The molecule has 1 atom stereocenters. The number of urea groups is 1. The first-order valence-corrected chi connectivity index (χ1v) is 6.50. The second-order valence-electron chi connectivity index (χ2n) is 4.77. The lowest BCUT2D eigenvalue weighted by Gasteiger charge is -2.16. The third-order valence-electron chi connectivity index (χ3n) is 2.54. The van der Waals surface area contributed by atoms with E-state index in [0.717, 1.165) is 0 Å². The Labute approximate surface area is 125 Å². The standard InChI is InChI=1S/C14H17F3N2O3/c1-9(7-22-8-14(15,16)17)18-13(21)19-12-5-3-4-11(6-12)10(2)20/h3-6,9H,7-8H2,1-2H3,(H2,18,19,21). The number of halogens is 3. The van der Waals surface area contributed by atoms with Gasteiger partial charge in [0, 0.05) is 11.3 Å². The fourth-order valence-corrected chi connectivity index (χ4v) is 1.60. The van der Waals surface area contributed by atoms with Gasteiger partial charge in [0.05, 0.1) is 12.6 Å². The molecular formula is C14H17F3N2O3. The van der Waals surface area contributed by atoms with E-state index in [1.165, 1.54) is 19.9 Å². The van der Waals surface area contributed by atoms with Crippen molar-refractivity contribution in [3.8, 4) is 0 Å². The monoisotopic (exact) mass is 318 g/mol. The zero-order chi connectivity index (χ0) is 16.8. The van der Waals surface area contributed by atoms with E-state index in [4.69, 9.17) is 0 Å². The number of benzene rings is 1. The predicted molar refractivity (Wildman–Crippen MR) is 74.9 cm³/mol. The Morgan fingerprint density at radius 2 is 2.00 bits per heavy atom. The van der Waals surface area contributed by atoms with Crippen molar-refractivity contribution in [3.63, 3.8) is 0 Å². The molecule has 0 aliphatic carbocycles. The largest absolute Gasteiger partial charge is 0.411 e. The van der Waals surface area contributed by atoms with E-state index in [1.54, 1.807) is 18.2 Å². The van der Waals surface area contributed by atoms with E-state index in [0.29, 0.717) is 11.3 Å². The van der Waals surface area contributed by atoms with Crippen LogP contribution < -0.4 is 10.6 Å². The quantitative estimate of drug-likeness (QED) is 0.792. The number of ketones is 1. The Morgan fingerprint density at radius 3 is 2.59 bits per heavy atom. The minimum Gasteiger partial charge on any atom is -0.370 e. The van der Waals surface area contributed by atoms with Gasteiger partial charge in [-0.25, -0.2) is 4.79 Å². The second-order valence-corrected chi connectivity index (χ2v) is 4.77. The first-order chi connectivity index (χ1) is 10.2. The average molecular weight is 318 g/mol. The van der Waals surface area contributed by atoms with Crippen LogP contribution in [0.2, 0.25) is 0 Å². The van der Waals surface area contributed by atoms with Crippen molar-refractivity contribution in [2.75, 3.05) is 18.5 Å². The summed E-state index contributed by atoms with van der Waals surface area (Å²) < 4.78 is 40.2. The van der Waals surface area contributed by atoms with Gasteiger partial charge in [0.25, 0.3) is 0 Å². The number of amides is 2. The number of rotatable bonds is 6. The summed E-state index contributed by atoms with van der Waals surface area (Å²) in [5, 5.41) is 4.93. The lowest BCUT2D eigenvalue weighted by molar-refractivity contribution is -0.174. The highest BCUT2D eigenvalue weighted by molar-refractivity contribution is 5.96. The van der Waals surface area contributed by atoms with Crippen LogP contribution in [-0.4, -0.2) is 37.2 Å². The summed E-state index contributed by atoms with van der Waals surface area (Å²) in [6.07, 6.45) is -4.39. The van der Waals surface area contributed by atoms with Gasteiger partial charge in [-0.05, 0) is 26.0 Å². The van der Waals surface area contributed by atoms with Gasteiger partial charge < -0.3 is 15.4 Å². The SMILES string of the molecule is CC(=O)c1cccc(NC(=O)NC(C)COCC(F)(F)F)c1. The Balaban J connectivity index is 2.42. The second kappa shape index (κ2) is 7.79. The highest BCUT2D eigenvalue weighted by Gasteiger charge is 2.27. The third-order valence-corrected chi connectivity index (χ3v) is 2.54. The lowest BCUT2D eigenvalue weighted by atomic mass is 10.1. The Morgan fingerprint density at radius 1 is 1.32 bits per heavy atom. The lowest BCUT2D eigenvalue weighted by Crippen LogP contribution is -2.39. The number of hydrogen-bond acceptors (Lipinski definition) is 3. The molecule has 0 saturated heterocycles. The summed E-state index contributed by atoms with van der Waals surface area (Å²) in [6, 6.07) is 5.13. The molecule has 1 rings (SSSR count). The van der Waals surface area contributed by atoms with Gasteiger partial charge in [0.1, 0.15) is 6.61 Å². The van der Waals surface area contributed by atoms with Gasteiger partial charge in [0.15, 0.2) is 5.78 Å². The fourth-order valence-electron chi connectivity index (χ4n) is 1.60. The first kappa shape index (κ1) is 18.0. The zero-order valence-corrected chi connectivity index (χ0v) is 12.2. The maximum atomic E-state index is 11.9. The number of carbonyl (C=O) groups is 2. The fraction of sp³-hybridized carbons (Fsp3) is 0.429. The number of carbonyl (C=O) groups excluding carboxylic acids is 2. The summed E-state index contributed by atoms with van der Waals surface area (Å²) in [6.45, 7) is 1.29. The van der Waals surface area contributed by atoms with Crippen LogP contribution in [0.3, 0.4) is 0 Å². The van der Waals surface area contributed by atoms with Gasteiger partial charge in [-0.2, -0.15) is 13.2 Å². The molecule has 2 N–H and O–H groups in total. The van der Waals surface area contributed by atoms with Crippen LogP contribution in [0.4, 0.5) is 23.7 Å². The molecule has 0 heterocycles. The molecule has 22 heavy (non-hydrogen) atoms. The van der Waals surface area contributed by atoms with E-state index < -0.39 is 24.9 Å². The molecule has 0 bridgehead atoms. The van der Waals surface area contributed by atoms with Crippen LogP contribution in [0.5, 0.6) is 0 Å². The van der Waals surface area contributed by atoms with Gasteiger partial charge in [0.2, 0.25) is 0 Å². The van der Waals surface area contributed by atoms with Crippen LogP contribution in [0.15, 0.2) is 24.3 Å². The van der Waals surface area contributed by atoms with Crippen molar-refractivity contribution < 1.29 is 27.5 Å². The molecule has 0 fully saturated rings. The van der Waals surface area contributed by atoms with Crippen LogP contribution in [0.25, 0.3) is 0 Å². The van der Waals surface area contributed by atoms with Crippen molar-refractivity contribution in [2.45, 2.75) is 26.1 Å². The number of alkyl halides is 3. The summed E-state index contributed by atoms with van der Waals surface area (Å²) in [4.78, 5) is 22.9. The average Bonchev–Trinajstić information content (AvgIpc) is 2.37. The maximum Gasteiger partial charge on any atom is 0.411 e. The highest BCUT2D eigenvalue weighted by Crippen LogP contribution is 2.14. The number of ether oxygens (including phenoxy) is 1. The maximum absolute atomic E-state index is 11.9. The smallest absolute Gasteiger partial charge is 0.370 e. The van der Waals surface area contributed by atoms with E-state index in [1.807, 2.05) is 0 Å². The van der Waals surface area contributed by atoms with Crippen LogP contribution in [-0.2, 0) is 4.74 Å². The third kappa shape index (κ3) is 7.07. The van der Waals surface area contributed by atoms with Gasteiger partial charge in [-0.3, -0.25) is 4.79 Å². The number of nitrogens with one attached hydrogen (secondary N) is 2. The number of Topliss-reactive ketones (excluding diaryl/α,β-unsaturated/α-hetero) is 1. The Kier molecular flexibility index (Phi) is 6.36. The van der Waals surface area contributed by atoms with E-state index >= 15 is 0 Å². The van der Waals surface area contributed by atoms with Gasteiger partial charge in [-0.1, -0.05) is 12.1 Å². The van der Waals surface area contributed by atoms with Crippen LogP contribution >= 0.6 is 0 Å². The van der Waals surface area contributed by atoms with Gasteiger partial charge >= 0.3 is 12.2 Å². The predicted octanol–water partition coefficient (Wildman–Crippen LogP) is 2.98. The molecule has 0 spiro atoms. The van der Waals surface area contributed by atoms with E-state index in [2.05, 4.69) is 15.4 Å². The molecular weight excluding hydrogens is 301 g/mol. The molecule has 1 aromatic carbocycles. The molecule has 0 aliphatic rings. The molecule has 0 saturated carbocycles. The Bertz CT molecular complexity index is 532. The number of anilines is 1. The van der Waals surface area contributed by atoms with E-state index in [9.17, 15) is 22.8 Å². The van der Waals surface area contributed by atoms with Crippen LogP contribution in [0, 0.1) is 0 Å². The zero-order valence-electron chi connectivity index (χ0n) is 12.2. The van der Waals surface area contributed by atoms with Crippen molar-refractivity contribution in [1.82, 2.24) is 5.32 Å². The molecule has 1 aromatic rings. The van der Waals surface area contributed by atoms with Crippen LogP contribution in [0.1, 0.15) is 24.2 Å². The summed E-state index contributed by atoms with van der Waals surface area (Å²) >= 11 is 0. The minimum absolute atomic E-state index is 0.141. The van der Waals surface area contributed by atoms with Crippen molar-refractivity contribution in [2.24, 2.45) is 0 Å². The topological polar surface area (TPSA) is 67.4 Å². The normalized spacial score (nSPS) is 12.6. The Hall–Kier alpha value is -2.09. The number of hydrogen-bond donors (Lipinski definition) is 2. The summed E-state index contributed by atoms with van der Waals surface area (Å²) in [5.74, 6) is -0.141. The molecule has 2 amide bonds. The van der Waals surface area contributed by atoms with Crippen molar-refractivity contribution in [3.05, 3.63) is 29.8 Å². The van der Waals surface area contributed by atoms with Gasteiger partial charge in [-0.15, -0.1) is 0 Å². The van der Waals surface area contributed by atoms with E-state index in [-0.39, 0.29) is 12.4 Å². The molecule has 0 radical (unpaired) electrons. The molecule has 0 aromatic heterocycles. The molecule has 8 heteroatoms. The van der Waals surface area contributed by atoms with Crippen molar-refractivity contribution in [1.29, 1.82) is 0 Å². The molecule has 122 valence electrons. The first-order valence-electron chi connectivity index (χ1n) is 6.50. The molecule has 5 nitrogen and oxygen atoms in total. The minimum atomic E-state index is -4.39. The van der Waals surface area contributed by atoms with Crippen molar-refractivity contribution >= 4 is 17.5 Å². The molecule has 0 aliphatic heterocycles. The summed E-state index contributed by atoms with van der Waals surface area (Å²) in [5.41, 5.74) is 0.855.